The number of nitrogens with zero attached hydrogens (tertiary/aromatic N) is 1. The molecule has 0 fully saturated rings. The van der Waals surface area contributed by atoms with Crippen LogP contribution in [0.15, 0.2) is 47.3 Å². The second kappa shape index (κ2) is 4.35. The van der Waals surface area contributed by atoms with E-state index in [1.54, 1.807) is 6.07 Å². The Kier molecular flexibility index (Phi) is 2.67. The molecule has 0 saturated carbocycles. The number of hydrogen-bond acceptors (Lipinski definition) is 2. The van der Waals surface area contributed by atoms with Crippen LogP contribution >= 0.6 is 0 Å². The summed E-state index contributed by atoms with van der Waals surface area (Å²) < 4.78 is 0. The van der Waals surface area contributed by atoms with Crippen molar-refractivity contribution in [3.05, 3.63) is 63.9 Å². The maximum absolute atomic E-state index is 12.1. The number of aryl methyl sites for hydroxylation is 2. The molecule has 0 unspecified atom stereocenters. The van der Waals surface area contributed by atoms with Crippen LogP contribution in [0.2, 0.25) is 0 Å². The van der Waals surface area contributed by atoms with E-state index in [0.717, 1.165) is 22.5 Å². The van der Waals surface area contributed by atoms with Crippen molar-refractivity contribution in [1.29, 1.82) is 0 Å². The van der Waals surface area contributed by atoms with Gasteiger partial charge in [-0.3, -0.25) is 4.79 Å². The van der Waals surface area contributed by atoms with E-state index in [0.29, 0.717) is 11.0 Å². The van der Waals surface area contributed by atoms with E-state index in [1.807, 2.05) is 50.2 Å². The van der Waals surface area contributed by atoms with E-state index in [2.05, 4.69) is 9.97 Å². The number of nitrogens with one attached hydrogen (secondary N) is 1. The summed E-state index contributed by atoms with van der Waals surface area (Å²) in [4.78, 5) is 19.7. The SMILES string of the molecule is Cc1cccc(-c2cc(=O)c3ccc(C)nc3[nH]2)c1. The topological polar surface area (TPSA) is 45.8 Å². The van der Waals surface area contributed by atoms with Crippen LogP contribution in [0, 0.1) is 13.8 Å². The molecule has 3 heteroatoms. The highest BCUT2D eigenvalue weighted by Crippen LogP contribution is 2.18. The van der Waals surface area contributed by atoms with Crippen molar-refractivity contribution < 1.29 is 0 Å². The smallest absolute Gasteiger partial charge is 0.191 e. The van der Waals surface area contributed by atoms with Crippen molar-refractivity contribution >= 4 is 11.0 Å². The van der Waals surface area contributed by atoms with Crippen molar-refractivity contribution in [2.75, 3.05) is 0 Å². The Morgan fingerprint density at radius 2 is 1.89 bits per heavy atom. The first-order valence-corrected chi connectivity index (χ1v) is 6.21. The third kappa shape index (κ3) is 2.15. The normalized spacial score (nSPS) is 10.8. The summed E-state index contributed by atoms with van der Waals surface area (Å²) in [5.41, 5.74) is 4.50. The number of H-pyrrole nitrogens is 1. The predicted molar refractivity (Wildman–Crippen MR) is 77.3 cm³/mol. The van der Waals surface area contributed by atoms with Gasteiger partial charge < -0.3 is 4.98 Å². The number of pyridine rings is 2. The lowest BCUT2D eigenvalue weighted by Gasteiger charge is -2.05. The van der Waals surface area contributed by atoms with Crippen molar-refractivity contribution in [3.63, 3.8) is 0 Å². The van der Waals surface area contributed by atoms with Crippen molar-refractivity contribution in [2.45, 2.75) is 13.8 Å². The van der Waals surface area contributed by atoms with Crippen LogP contribution in [0.25, 0.3) is 22.3 Å². The molecule has 1 N–H and O–H groups in total. The minimum Gasteiger partial charge on any atom is -0.339 e. The lowest BCUT2D eigenvalue weighted by atomic mass is 10.1. The van der Waals surface area contributed by atoms with Crippen LogP contribution < -0.4 is 5.43 Å². The molecule has 0 radical (unpaired) electrons. The van der Waals surface area contributed by atoms with E-state index in [9.17, 15) is 4.79 Å². The first-order chi connectivity index (χ1) is 9.13. The largest absolute Gasteiger partial charge is 0.339 e. The van der Waals surface area contributed by atoms with Gasteiger partial charge >= 0.3 is 0 Å². The van der Waals surface area contributed by atoms with Crippen molar-refractivity contribution in [1.82, 2.24) is 9.97 Å². The fourth-order valence-corrected chi connectivity index (χ4v) is 2.19. The predicted octanol–water partition coefficient (Wildman–Crippen LogP) is 3.21. The number of hydrogen-bond donors (Lipinski definition) is 1. The summed E-state index contributed by atoms with van der Waals surface area (Å²) >= 11 is 0. The summed E-state index contributed by atoms with van der Waals surface area (Å²) in [6, 6.07) is 13.4. The van der Waals surface area contributed by atoms with Gasteiger partial charge in [-0.15, -0.1) is 0 Å². The number of aromatic amines is 1. The molecule has 0 aliphatic carbocycles. The highest BCUT2D eigenvalue weighted by atomic mass is 16.1. The Morgan fingerprint density at radius 1 is 1.05 bits per heavy atom. The van der Waals surface area contributed by atoms with E-state index >= 15 is 0 Å². The summed E-state index contributed by atoms with van der Waals surface area (Å²) in [5, 5.41) is 0.627. The Balaban J connectivity index is 2.28. The van der Waals surface area contributed by atoms with Crippen molar-refractivity contribution in [2.24, 2.45) is 0 Å². The minimum absolute atomic E-state index is 0.00208. The Bertz CT molecular complexity index is 818. The van der Waals surface area contributed by atoms with Crippen LogP contribution in [-0.4, -0.2) is 9.97 Å². The number of rotatable bonds is 1. The molecule has 1 aromatic carbocycles. The van der Waals surface area contributed by atoms with Gasteiger partial charge in [0.2, 0.25) is 0 Å². The Hall–Kier alpha value is -2.42. The monoisotopic (exact) mass is 250 g/mol. The van der Waals surface area contributed by atoms with Crippen LogP contribution in [0.1, 0.15) is 11.3 Å². The van der Waals surface area contributed by atoms with Gasteiger partial charge in [0.15, 0.2) is 5.43 Å². The van der Waals surface area contributed by atoms with Gasteiger partial charge in [-0.1, -0.05) is 23.8 Å². The minimum atomic E-state index is -0.00208. The highest BCUT2D eigenvalue weighted by molar-refractivity contribution is 5.78. The third-order valence-electron chi connectivity index (χ3n) is 3.16. The average molecular weight is 250 g/mol. The van der Waals surface area contributed by atoms with Gasteiger partial charge in [0.25, 0.3) is 0 Å². The molecule has 0 amide bonds. The molecule has 0 spiro atoms. The first-order valence-electron chi connectivity index (χ1n) is 6.21. The van der Waals surface area contributed by atoms with Gasteiger partial charge in [0.1, 0.15) is 5.65 Å². The molecule has 0 saturated heterocycles. The van der Waals surface area contributed by atoms with Gasteiger partial charge in [-0.25, -0.2) is 4.98 Å². The molecule has 0 aliphatic heterocycles. The molecule has 0 atom stereocenters. The number of aromatic nitrogens is 2. The van der Waals surface area contributed by atoms with Crippen LogP contribution in [0.3, 0.4) is 0 Å². The second-order valence-corrected chi connectivity index (χ2v) is 4.77. The fraction of sp³-hybridized carbons (Fsp3) is 0.125. The molecule has 0 bridgehead atoms. The quantitative estimate of drug-likeness (QED) is 0.720. The fourth-order valence-electron chi connectivity index (χ4n) is 2.19. The van der Waals surface area contributed by atoms with Crippen molar-refractivity contribution in [3.8, 4) is 11.3 Å². The Morgan fingerprint density at radius 3 is 2.68 bits per heavy atom. The summed E-state index contributed by atoms with van der Waals surface area (Å²) in [6.07, 6.45) is 0. The molecular formula is C16H14N2O. The molecule has 3 rings (SSSR count). The lowest BCUT2D eigenvalue weighted by Crippen LogP contribution is -2.04. The third-order valence-corrected chi connectivity index (χ3v) is 3.16. The zero-order chi connectivity index (χ0) is 13.4. The summed E-state index contributed by atoms with van der Waals surface area (Å²) in [6.45, 7) is 3.95. The van der Waals surface area contributed by atoms with Gasteiger partial charge in [0, 0.05) is 11.8 Å². The lowest BCUT2D eigenvalue weighted by molar-refractivity contribution is 1.20. The molecule has 3 nitrogen and oxygen atoms in total. The zero-order valence-corrected chi connectivity index (χ0v) is 10.9. The standard InChI is InChI=1S/C16H14N2O/c1-10-4-3-5-12(8-10)14-9-15(19)13-7-6-11(2)17-16(13)18-14/h3-9H,1-2H3,(H,17,18,19). The van der Waals surface area contributed by atoms with Crippen LogP contribution in [-0.2, 0) is 0 Å². The van der Waals surface area contributed by atoms with Crippen LogP contribution in [0.5, 0.6) is 0 Å². The van der Waals surface area contributed by atoms with Gasteiger partial charge in [0.05, 0.1) is 11.1 Å². The summed E-state index contributed by atoms with van der Waals surface area (Å²) in [5.74, 6) is 0. The second-order valence-electron chi connectivity index (χ2n) is 4.77. The molecule has 2 heterocycles. The highest BCUT2D eigenvalue weighted by Gasteiger charge is 2.05. The summed E-state index contributed by atoms with van der Waals surface area (Å²) in [7, 11) is 0. The maximum Gasteiger partial charge on any atom is 0.191 e. The number of benzene rings is 1. The molecule has 3 aromatic rings. The van der Waals surface area contributed by atoms with E-state index in [-0.39, 0.29) is 5.43 Å². The molecule has 2 aromatic heterocycles. The van der Waals surface area contributed by atoms with Gasteiger partial charge in [-0.2, -0.15) is 0 Å². The van der Waals surface area contributed by atoms with E-state index < -0.39 is 0 Å². The molecule has 94 valence electrons. The zero-order valence-electron chi connectivity index (χ0n) is 10.9. The molecule has 0 aliphatic rings. The number of fused-ring (bicyclic) bond motifs is 1. The first kappa shape index (κ1) is 11.7. The molecular weight excluding hydrogens is 236 g/mol. The average Bonchev–Trinajstić information content (AvgIpc) is 2.38. The van der Waals surface area contributed by atoms with E-state index in [1.165, 1.54) is 0 Å². The maximum atomic E-state index is 12.1. The molecule has 19 heavy (non-hydrogen) atoms. The Labute approximate surface area is 111 Å². The van der Waals surface area contributed by atoms with Crippen LogP contribution in [0.4, 0.5) is 0 Å². The van der Waals surface area contributed by atoms with Gasteiger partial charge in [-0.05, 0) is 37.6 Å². The van der Waals surface area contributed by atoms with E-state index in [4.69, 9.17) is 0 Å².